The van der Waals surface area contributed by atoms with E-state index in [2.05, 4.69) is 20.5 Å². The lowest BCUT2D eigenvalue weighted by molar-refractivity contribution is -0.118. The molecule has 2 N–H and O–H groups in total. The van der Waals surface area contributed by atoms with E-state index in [0.29, 0.717) is 17.2 Å². The van der Waals surface area contributed by atoms with Crippen LogP contribution in [0.3, 0.4) is 0 Å². The molecule has 1 aliphatic heterocycles. The van der Waals surface area contributed by atoms with Crippen molar-refractivity contribution in [2.75, 3.05) is 42.3 Å². The molecule has 1 fully saturated rings. The first-order valence-electron chi connectivity index (χ1n) is 11.1. The number of carbonyl (C=O) groups is 1. The first-order valence-corrected chi connectivity index (χ1v) is 11.1. The Morgan fingerprint density at radius 2 is 1.70 bits per heavy atom. The second kappa shape index (κ2) is 10.7. The van der Waals surface area contributed by atoms with Crippen molar-refractivity contribution in [2.24, 2.45) is 0 Å². The summed E-state index contributed by atoms with van der Waals surface area (Å²) in [5, 5.41) is 6.17. The van der Waals surface area contributed by atoms with Gasteiger partial charge in [0.2, 0.25) is 5.95 Å². The Labute approximate surface area is 194 Å². The Balaban J connectivity index is 1.32. The number of ether oxygens (including phenoxy) is 2. The smallest absolute Gasteiger partial charge is 0.262 e. The van der Waals surface area contributed by atoms with Gasteiger partial charge in [-0.2, -0.15) is 4.98 Å². The van der Waals surface area contributed by atoms with E-state index in [9.17, 15) is 4.79 Å². The maximum absolute atomic E-state index is 12.2. The number of nitrogens with one attached hydrogen (secondary N) is 2. The fourth-order valence-corrected chi connectivity index (χ4v) is 3.67. The van der Waals surface area contributed by atoms with Gasteiger partial charge < -0.3 is 25.0 Å². The molecule has 1 saturated heterocycles. The number of benzene rings is 2. The molecule has 2 heterocycles. The van der Waals surface area contributed by atoms with Crippen LogP contribution in [-0.4, -0.2) is 42.7 Å². The third kappa shape index (κ3) is 6.35. The number of amides is 1. The number of anilines is 4. The van der Waals surface area contributed by atoms with Crippen LogP contribution in [0.4, 0.5) is 23.1 Å². The molecule has 3 aromatic rings. The normalized spacial score (nSPS) is 13.3. The standard InChI is InChI=1S/C25H29N5O3/c1-18-15-23(29-25(26-18)30-13-4-3-5-14-30)27-19-9-11-20(12-10-19)28-24(31)17-33-22-8-6-7-21(16-22)32-2/h6-12,15-16H,3-5,13-14,17H2,1-2H3,(H,28,31)(H,26,27,29). The minimum atomic E-state index is -0.240. The lowest BCUT2D eigenvalue weighted by Gasteiger charge is -2.27. The van der Waals surface area contributed by atoms with Crippen LogP contribution in [0.2, 0.25) is 0 Å². The molecular formula is C25H29N5O3. The van der Waals surface area contributed by atoms with Gasteiger partial charge in [-0.3, -0.25) is 4.79 Å². The van der Waals surface area contributed by atoms with Gasteiger partial charge in [-0.15, -0.1) is 0 Å². The third-order valence-corrected chi connectivity index (χ3v) is 5.33. The Morgan fingerprint density at radius 3 is 2.45 bits per heavy atom. The monoisotopic (exact) mass is 447 g/mol. The average molecular weight is 448 g/mol. The first-order chi connectivity index (χ1) is 16.1. The number of carbonyl (C=O) groups excluding carboxylic acids is 1. The molecule has 0 atom stereocenters. The summed E-state index contributed by atoms with van der Waals surface area (Å²) in [7, 11) is 1.59. The van der Waals surface area contributed by atoms with Gasteiger partial charge in [0.15, 0.2) is 6.61 Å². The summed E-state index contributed by atoms with van der Waals surface area (Å²) in [6.07, 6.45) is 3.62. The number of aryl methyl sites for hydroxylation is 1. The predicted octanol–water partition coefficient (Wildman–Crippen LogP) is 4.55. The van der Waals surface area contributed by atoms with Crippen LogP contribution >= 0.6 is 0 Å². The zero-order valence-electron chi connectivity index (χ0n) is 19.0. The van der Waals surface area contributed by atoms with E-state index in [1.165, 1.54) is 19.3 Å². The van der Waals surface area contributed by atoms with E-state index >= 15 is 0 Å². The highest BCUT2D eigenvalue weighted by molar-refractivity contribution is 5.92. The number of aromatic nitrogens is 2. The van der Waals surface area contributed by atoms with Crippen molar-refractivity contribution in [3.05, 3.63) is 60.3 Å². The van der Waals surface area contributed by atoms with Gasteiger partial charge in [0.25, 0.3) is 5.91 Å². The fourth-order valence-electron chi connectivity index (χ4n) is 3.67. The van der Waals surface area contributed by atoms with Gasteiger partial charge in [0.05, 0.1) is 7.11 Å². The van der Waals surface area contributed by atoms with Crippen molar-refractivity contribution in [1.29, 1.82) is 0 Å². The van der Waals surface area contributed by atoms with E-state index in [4.69, 9.17) is 14.5 Å². The highest BCUT2D eigenvalue weighted by Crippen LogP contribution is 2.22. The zero-order chi connectivity index (χ0) is 23.0. The summed E-state index contributed by atoms with van der Waals surface area (Å²) in [5.41, 5.74) is 2.49. The molecule has 4 rings (SSSR count). The Hall–Kier alpha value is -3.81. The molecule has 1 amide bonds. The van der Waals surface area contributed by atoms with Crippen LogP contribution in [0, 0.1) is 6.92 Å². The van der Waals surface area contributed by atoms with Gasteiger partial charge in [-0.05, 0) is 62.6 Å². The number of hydrogen-bond donors (Lipinski definition) is 2. The van der Waals surface area contributed by atoms with Crippen LogP contribution in [0.5, 0.6) is 11.5 Å². The van der Waals surface area contributed by atoms with Crippen LogP contribution in [0.15, 0.2) is 54.6 Å². The molecule has 0 unspecified atom stereocenters. The minimum absolute atomic E-state index is 0.0906. The summed E-state index contributed by atoms with van der Waals surface area (Å²) >= 11 is 0. The van der Waals surface area contributed by atoms with E-state index in [0.717, 1.165) is 36.2 Å². The lowest BCUT2D eigenvalue weighted by Crippen LogP contribution is -2.31. The number of methoxy groups -OCH3 is 1. The maximum atomic E-state index is 12.2. The number of rotatable bonds is 8. The second-order valence-electron chi connectivity index (χ2n) is 7.96. The number of hydrogen-bond acceptors (Lipinski definition) is 7. The summed E-state index contributed by atoms with van der Waals surface area (Å²) < 4.78 is 10.7. The van der Waals surface area contributed by atoms with Crippen molar-refractivity contribution in [2.45, 2.75) is 26.2 Å². The van der Waals surface area contributed by atoms with Crippen LogP contribution in [0.25, 0.3) is 0 Å². The molecule has 0 spiro atoms. The molecule has 1 aliphatic rings. The van der Waals surface area contributed by atoms with Gasteiger partial charge in [0.1, 0.15) is 17.3 Å². The molecule has 172 valence electrons. The second-order valence-corrected chi connectivity index (χ2v) is 7.96. The minimum Gasteiger partial charge on any atom is -0.497 e. The van der Waals surface area contributed by atoms with Crippen molar-refractivity contribution in [3.8, 4) is 11.5 Å². The van der Waals surface area contributed by atoms with E-state index in [1.54, 1.807) is 19.2 Å². The highest BCUT2D eigenvalue weighted by atomic mass is 16.5. The van der Waals surface area contributed by atoms with Gasteiger partial charge in [-0.1, -0.05) is 6.07 Å². The van der Waals surface area contributed by atoms with E-state index in [1.807, 2.05) is 49.4 Å². The van der Waals surface area contributed by atoms with E-state index < -0.39 is 0 Å². The fraction of sp³-hybridized carbons (Fsp3) is 0.320. The lowest BCUT2D eigenvalue weighted by atomic mass is 10.1. The molecule has 0 saturated carbocycles. The SMILES string of the molecule is COc1cccc(OCC(=O)Nc2ccc(Nc3cc(C)nc(N4CCCCC4)n3)cc2)c1. The largest absolute Gasteiger partial charge is 0.497 e. The van der Waals surface area contributed by atoms with Crippen LogP contribution in [0.1, 0.15) is 25.0 Å². The highest BCUT2D eigenvalue weighted by Gasteiger charge is 2.15. The van der Waals surface area contributed by atoms with Crippen molar-refractivity contribution in [1.82, 2.24) is 9.97 Å². The zero-order valence-corrected chi connectivity index (χ0v) is 19.0. The van der Waals surface area contributed by atoms with Gasteiger partial charge in [-0.25, -0.2) is 4.98 Å². The van der Waals surface area contributed by atoms with Crippen LogP contribution < -0.4 is 25.0 Å². The number of piperidine rings is 1. The van der Waals surface area contributed by atoms with Gasteiger partial charge in [0, 0.05) is 42.3 Å². The molecule has 8 heteroatoms. The predicted molar refractivity (Wildman–Crippen MR) is 130 cm³/mol. The Morgan fingerprint density at radius 1 is 0.970 bits per heavy atom. The van der Waals surface area contributed by atoms with E-state index in [-0.39, 0.29) is 12.5 Å². The molecule has 33 heavy (non-hydrogen) atoms. The molecule has 0 bridgehead atoms. The molecular weight excluding hydrogens is 418 g/mol. The molecule has 0 aliphatic carbocycles. The topological polar surface area (TPSA) is 88.6 Å². The van der Waals surface area contributed by atoms with Crippen molar-refractivity contribution >= 4 is 29.0 Å². The Kier molecular flexibility index (Phi) is 7.24. The molecule has 2 aromatic carbocycles. The molecule has 8 nitrogen and oxygen atoms in total. The Bertz CT molecular complexity index is 1080. The quantitative estimate of drug-likeness (QED) is 0.524. The summed E-state index contributed by atoms with van der Waals surface area (Å²) in [5.74, 6) is 2.55. The van der Waals surface area contributed by atoms with Gasteiger partial charge >= 0.3 is 0 Å². The first kappa shape index (κ1) is 22.4. The van der Waals surface area contributed by atoms with Crippen LogP contribution in [-0.2, 0) is 4.79 Å². The van der Waals surface area contributed by atoms with Crippen molar-refractivity contribution in [3.63, 3.8) is 0 Å². The third-order valence-electron chi connectivity index (χ3n) is 5.33. The number of nitrogens with zero attached hydrogens (tertiary/aromatic N) is 3. The summed E-state index contributed by atoms with van der Waals surface area (Å²) in [6.45, 7) is 3.89. The summed E-state index contributed by atoms with van der Waals surface area (Å²) in [6, 6.07) is 16.6. The maximum Gasteiger partial charge on any atom is 0.262 e. The van der Waals surface area contributed by atoms with Crippen molar-refractivity contribution < 1.29 is 14.3 Å². The summed E-state index contributed by atoms with van der Waals surface area (Å²) in [4.78, 5) is 23.8. The molecule has 0 radical (unpaired) electrons. The average Bonchev–Trinajstić information content (AvgIpc) is 2.84. The molecule has 1 aromatic heterocycles.